The predicted molar refractivity (Wildman–Crippen MR) is 74.8 cm³/mol. The van der Waals surface area contributed by atoms with Gasteiger partial charge in [0.2, 0.25) is 0 Å². The van der Waals surface area contributed by atoms with E-state index in [4.69, 9.17) is 0 Å². The van der Waals surface area contributed by atoms with Crippen LogP contribution < -0.4 is 0 Å². The molecule has 108 valence electrons. The molecular formula is C14H26N4O. The average molecular weight is 266 g/mol. The molecule has 5 heteroatoms. The molecule has 1 N–H and O–H groups in total. The van der Waals surface area contributed by atoms with Gasteiger partial charge in [-0.15, -0.1) is 5.10 Å². The summed E-state index contributed by atoms with van der Waals surface area (Å²) in [4.78, 5) is 2.53. The molecule has 1 saturated heterocycles. The molecule has 19 heavy (non-hydrogen) atoms. The van der Waals surface area contributed by atoms with E-state index in [2.05, 4.69) is 15.2 Å². The van der Waals surface area contributed by atoms with Crippen molar-refractivity contribution >= 4 is 0 Å². The van der Waals surface area contributed by atoms with Crippen LogP contribution in [0.5, 0.6) is 0 Å². The normalized spacial score (nSPS) is 20.4. The minimum atomic E-state index is -0.856. The molecule has 1 aromatic heterocycles. The Bertz CT molecular complexity index is 383. The van der Waals surface area contributed by atoms with Gasteiger partial charge < -0.3 is 10.0 Å². The van der Waals surface area contributed by atoms with Crippen LogP contribution in [0.4, 0.5) is 0 Å². The maximum atomic E-state index is 10.1. The van der Waals surface area contributed by atoms with Crippen LogP contribution >= 0.6 is 0 Å². The highest BCUT2D eigenvalue weighted by Gasteiger charge is 2.24. The van der Waals surface area contributed by atoms with Crippen molar-refractivity contribution in [3.8, 4) is 0 Å². The van der Waals surface area contributed by atoms with Gasteiger partial charge in [0.1, 0.15) is 11.3 Å². The lowest BCUT2D eigenvalue weighted by Crippen LogP contribution is -2.31. The van der Waals surface area contributed by atoms with E-state index in [-0.39, 0.29) is 0 Å². The first-order valence-electron chi connectivity index (χ1n) is 7.47. The van der Waals surface area contributed by atoms with Crippen LogP contribution in [0, 0.1) is 0 Å². The molecule has 1 aliphatic rings. The van der Waals surface area contributed by atoms with Gasteiger partial charge in [-0.2, -0.15) is 0 Å². The second kappa shape index (κ2) is 6.48. The summed E-state index contributed by atoms with van der Waals surface area (Å²) in [6.45, 7) is 8.24. The van der Waals surface area contributed by atoms with Gasteiger partial charge in [-0.3, -0.25) is 4.68 Å². The van der Waals surface area contributed by atoms with E-state index >= 15 is 0 Å². The third-order valence-electron chi connectivity index (χ3n) is 4.09. The van der Waals surface area contributed by atoms with Crippen molar-refractivity contribution < 1.29 is 5.11 Å². The third-order valence-corrected chi connectivity index (χ3v) is 4.09. The predicted octanol–water partition coefficient (Wildman–Crippen LogP) is 1.77. The molecule has 5 nitrogen and oxygen atoms in total. The second-order valence-corrected chi connectivity index (χ2v) is 5.75. The summed E-state index contributed by atoms with van der Waals surface area (Å²) in [7, 11) is 0. The molecule has 0 radical (unpaired) electrons. The molecule has 1 aliphatic heterocycles. The Morgan fingerprint density at radius 1 is 1.26 bits per heavy atom. The van der Waals surface area contributed by atoms with Gasteiger partial charge in [0.25, 0.3) is 0 Å². The van der Waals surface area contributed by atoms with E-state index in [0.29, 0.717) is 12.1 Å². The number of aromatic nitrogens is 3. The van der Waals surface area contributed by atoms with E-state index < -0.39 is 5.60 Å². The van der Waals surface area contributed by atoms with Crippen LogP contribution in [0.3, 0.4) is 0 Å². The second-order valence-electron chi connectivity index (χ2n) is 5.75. The number of hydrogen-bond acceptors (Lipinski definition) is 4. The van der Waals surface area contributed by atoms with Gasteiger partial charge in [-0.25, -0.2) is 0 Å². The quantitative estimate of drug-likeness (QED) is 0.852. The van der Waals surface area contributed by atoms with Crippen molar-refractivity contribution in [2.45, 2.75) is 58.1 Å². The summed E-state index contributed by atoms with van der Waals surface area (Å²) in [6.07, 6.45) is 7.69. The van der Waals surface area contributed by atoms with Gasteiger partial charge in [0.15, 0.2) is 0 Å². The highest BCUT2D eigenvalue weighted by Crippen LogP contribution is 2.21. The standard InChI is InChI=1S/C14H26N4O/c1-3-14(2,19)13-12-18(16-15-13)11-7-10-17-8-5-4-6-9-17/h12,19H,3-11H2,1-2H3. The fourth-order valence-electron chi connectivity index (χ4n) is 2.47. The molecule has 0 spiro atoms. The van der Waals surface area contributed by atoms with Crippen molar-refractivity contribution in [1.29, 1.82) is 0 Å². The first-order chi connectivity index (χ1) is 9.12. The summed E-state index contributed by atoms with van der Waals surface area (Å²) in [5, 5.41) is 18.3. The Morgan fingerprint density at radius 3 is 2.68 bits per heavy atom. The molecule has 2 heterocycles. The van der Waals surface area contributed by atoms with Crippen LogP contribution in [-0.4, -0.2) is 44.6 Å². The number of likely N-dealkylation sites (tertiary alicyclic amines) is 1. The fourth-order valence-corrected chi connectivity index (χ4v) is 2.47. The molecule has 1 fully saturated rings. The molecule has 0 amide bonds. The summed E-state index contributed by atoms with van der Waals surface area (Å²) >= 11 is 0. The lowest BCUT2D eigenvalue weighted by Gasteiger charge is -2.26. The third kappa shape index (κ3) is 4.01. The van der Waals surface area contributed by atoms with E-state index in [1.807, 2.05) is 17.8 Å². The molecule has 1 atom stereocenters. The van der Waals surface area contributed by atoms with Crippen LogP contribution in [0.25, 0.3) is 0 Å². The molecule has 2 rings (SSSR count). The fraction of sp³-hybridized carbons (Fsp3) is 0.857. The number of rotatable bonds is 6. The van der Waals surface area contributed by atoms with Crippen molar-refractivity contribution in [2.24, 2.45) is 0 Å². The van der Waals surface area contributed by atoms with Crippen LogP contribution in [0.2, 0.25) is 0 Å². The summed E-state index contributed by atoms with van der Waals surface area (Å²) in [5.41, 5.74) is -0.182. The summed E-state index contributed by atoms with van der Waals surface area (Å²) in [5.74, 6) is 0. The minimum Gasteiger partial charge on any atom is -0.384 e. The van der Waals surface area contributed by atoms with Gasteiger partial charge in [0, 0.05) is 6.54 Å². The van der Waals surface area contributed by atoms with Crippen molar-refractivity contribution in [2.75, 3.05) is 19.6 Å². The monoisotopic (exact) mass is 266 g/mol. The summed E-state index contributed by atoms with van der Waals surface area (Å²) in [6, 6.07) is 0. The average Bonchev–Trinajstić information content (AvgIpc) is 2.90. The van der Waals surface area contributed by atoms with Gasteiger partial charge in [-0.1, -0.05) is 18.6 Å². The largest absolute Gasteiger partial charge is 0.384 e. The molecule has 0 bridgehead atoms. The van der Waals surface area contributed by atoms with Crippen molar-refractivity contribution in [3.05, 3.63) is 11.9 Å². The molecule has 1 unspecified atom stereocenters. The first-order valence-corrected chi connectivity index (χ1v) is 7.47. The van der Waals surface area contributed by atoms with Crippen LogP contribution in [0.15, 0.2) is 6.20 Å². The topological polar surface area (TPSA) is 54.2 Å². The molecule has 1 aromatic rings. The number of aryl methyl sites for hydroxylation is 1. The summed E-state index contributed by atoms with van der Waals surface area (Å²) < 4.78 is 1.85. The highest BCUT2D eigenvalue weighted by atomic mass is 16.3. The van der Waals surface area contributed by atoms with Gasteiger partial charge in [-0.05, 0) is 52.2 Å². The Morgan fingerprint density at radius 2 is 2.00 bits per heavy atom. The minimum absolute atomic E-state index is 0.652. The van der Waals surface area contributed by atoms with E-state index in [1.54, 1.807) is 6.92 Å². The smallest absolute Gasteiger partial charge is 0.114 e. The molecule has 0 aliphatic carbocycles. The maximum Gasteiger partial charge on any atom is 0.114 e. The zero-order valence-electron chi connectivity index (χ0n) is 12.2. The van der Waals surface area contributed by atoms with Crippen LogP contribution in [-0.2, 0) is 12.1 Å². The van der Waals surface area contributed by atoms with Crippen LogP contribution in [0.1, 0.15) is 51.6 Å². The SMILES string of the molecule is CCC(C)(O)c1cn(CCCN2CCCCC2)nn1. The van der Waals surface area contributed by atoms with Crippen molar-refractivity contribution in [1.82, 2.24) is 19.9 Å². The molecule has 0 aromatic carbocycles. The van der Waals surface area contributed by atoms with Gasteiger partial charge in [0.05, 0.1) is 6.20 Å². The highest BCUT2D eigenvalue weighted by molar-refractivity contribution is 5.04. The molecular weight excluding hydrogens is 240 g/mol. The number of hydrogen-bond donors (Lipinski definition) is 1. The number of piperidine rings is 1. The van der Waals surface area contributed by atoms with E-state index in [1.165, 1.54) is 32.4 Å². The Labute approximate surface area is 115 Å². The van der Waals surface area contributed by atoms with Crippen molar-refractivity contribution in [3.63, 3.8) is 0 Å². The number of aliphatic hydroxyl groups is 1. The Balaban J connectivity index is 1.77. The Kier molecular flexibility index (Phi) is 4.93. The van der Waals surface area contributed by atoms with E-state index in [9.17, 15) is 5.11 Å². The van der Waals surface area contributed by atoms with Gasteiger partial charge >= 0.3 is 0 Å². The molecule has 0 saturated carbocycles. The lowest BCUT2D eigenvalue weighted by molar-refractivity contribution is 0.0484. The zero-order chi connectivity index (χ0) is 13.7. The lowest BCUT2D eigenvalue weighted by atomic mass is 10.0. The zero-order valence-corrected chi connectivity index (χ0v) is 12.2. The maximum absolute atomic E-state index is 10.1. The Hall–Kier alpha value is -0.940. The number of nitrogens with zero attached hydrogens (tertiary/aromatic N) is 4. The first kappa shape index (κ1) is 14.5. The van der Waals surface area contributed by atoms with E-state index in [0.717, 1.165) is 19.5 Å².